The second-order valence-corrected chi connectivity index (χ2v) is 6.29. The van der Waals surface area contributed by atoms with Gasteiger partial charge < -0.3 is 9.84 Å². The predicted octanol–water partition coefficient (Wildman–Crippen LogP) is 4.22. The van der Waals surface area contributed by atoms with Crippen LogP contribution in [0.25, 0.3) is 0 Å². The Balaban J connectivity index is 2.16. The maximum atomic E-state index is 11.3. The van der Waals surface area contributed by atoms with Crippen molar-refractivity contribution < 1.29 is 14.6 Å². The second-order valence-electron chi connectivity index (χ2n) is 6.29. The van der Waals surface area contributed by atoms with E-state index >= 15 is 0 Å². The highest BCUT2D eigenvalue weighted by Crippen LogP contribution is 2.40. The van der Waals surface area contributed by atoms with Gasteiger partial charge in [0, 0.05) is 12.3 Å². The average molecular weight is 276 g/mol. The molecule has 110 valence electrons. The molecule has 2 unspecified atom stereocenters. The van der Waals surface area contributed by atoms with E-state index < -0.39 is 0 Å². The molecule has 1 heterocycles. The molecule has 1 fully saturated rings. The standard InChI is InChI=1S/C17H24O3/c1-10-11(2)13(4)16(19)14(12(10)3)6-8-17(5)9-7-15(18)20-17/h12,19H,1,6-9H2,2-5H3. The minimum absolute atomic E-state index is 0.112. The summed E-state index contributed by atoms with van der Waals surface area (Å²) < 4.78 is 5.41. The first-order chi connectivity index (χ1) is 9.25. The van der Waals surface area contributed by atoms with Crippen LogP contribution < -0.4 is 0 Å². The molecule has 2 atom stereocenters. The lowest BCUT2D eigenvalue weighted by atomic mass is 9.78. The van der Waals surface area contributed by atoms with E-state index in [1.807, 2.05) is 20.8 Å². The molecule has 0 bridgehead atoms. The number of ether oxygens (including phenoxy) is 1. The van der Waals surface area contributed by atoms with Crippen molar-refractivity contribution in [2.45, 2.75) is 59.0 Å². The lowest BCUT2D eigenvalue weighted by molar-refractivity contribution is -0.147. The topological polar surface area (TPSA) is 46.5 Å². The number of aliphatic hydroxyl groups is 1. The van der Waals surface area contributed by atoms with Gasteiger partial charge in [0.15, 0.2) is 0 Å². The summed E-state index contributed by atoms with van der Waals surface area (Å²) in [4.78, 5) is 11.3. The van der Waals surface area contributed by atoms with E-state index in [1.54, 1.807) is 0 Å². The number of rotatable bonds is 3. The maximum Gasteiger partial charge on any atom is 0.306 e. The Morgan fingerprint density at radius 2 is 2.05 bits per heavy atom. The molecule has 3 heteroatoms. The van der Waals surface area contributed by atoms with Crippen molar-refractivity contribution >= 4 is 5.97 Å². The third kappa shape index (κ3) is 2.54. The van der Waals surface area contributed by atoms with Gasteiger partial charge in [0.1, 0.15) is 11.4 Å². The van der Waals surface area contributed by atoms with Gasteiger partial charge in [-0.2, -0.15) is 0 Å². The van der Waals surface area contributed by atoms with Crippen molar-refractivity contribution in [2.24, 2.45) is 5.92 Å². The van der Waals surface area contributed by atoms with Gasteiger partial charge in [0.25, 0.3) is 0 Å². The van der Waals surface area contributed by atoms with E-state index in [4.69, 9.17) is 4.74 Å². The van der Waals surface area contributed by atoms with Crippen LogP contribution in [0.4, 0.5) is 0 Å². The van der Waals surface area contributed by atoms with Crippen LogP contribution >= 0.6 is 0 Å². The minimum atomic E-state index is -0.379. The summed E-state index contributed by atoms with van der Waals surface area (Å²) in [5.41, 5.74) is 3.70. The zero-order valence-electron chi connectivity index (χ0n) is 12.9. The van der Waals surface area contributed by atoms with Crippen LogP contribution in [0.1, 0.15) is 53.4 Å². The van der Waals surface area contributed by atoms with E-state index in [0.717, 1.165) is 41.6 Å². The highest BCUT2D eigenvalue weighted by Gasteiger charge is 2.36. The van der Waals surface area contributed by atoms with E-state index in [0.29, 0.717) is 12.2 Å². The number of carbonyl (C=O) groups is 1. The Labute approximate surface area is 121 Å². The molecule has 0 saturated carbocycles. The zero-order valence-corrected chi connectivity index (χ0v) is 12.9. The average Bonchev–Trinajstić information content (AvgIpc) is 2.74. The van der Waals surface area contributed by atoms with E-state index in [9.17, 15) is 9.90 Å². The molecule has 1 N–H and O–H groups in total. The smallest absolute Gasteiger partial charge is 0.306 e. The summed E-state index contributed by atoms with van der Waals surface area (Å²) in [6, 6.07) is 0. The fourth-order valence-electron chi connectivity index (χ4n) is 3.05. The molecule has 0 radical (unpaired) electrons. The molecule has 0 aromatic heterocycles. The zero-order chi connectivity index (χ0) is 15.1. The number of carbonyl (C=O) groups excluding carboxylic acids is 1. The van der Waals surface area contributed by atoms with Crippen molar-refractivity contribution in [1.82, 2.24) is 0 Å². The lowest BCUT2D eigenvalue weighted by Crippen LogP contribution is -2.25. The fourth-order valence-corrected chi connectivity index (χ4v) is 3.05. The molecule has 1 aliphatic heterocycles. The van der Waals surface area contributed by atoms with Crippen LogP contribution in [0.3, 0.4) is 0 Å². The third-order valence-electron chi connectivity index (χ3n) is 4.89. The number of hydrogen-bond donors (Lipinski definition) is 1. The van der Waals surface area contributed by atoms with Crippen LogP contribution in [0, 0.1) is 5.92 Å². The molecule has 1 saturated heterocycles. The summed E-state index contributed by atoms with van der Waals surface area (Å²) in [5, 5.41) is 10.4. The quantitative estimate of drug-likeness (QED) is 0.785. The summed E-state index contributed by atoms with van der Waals surface area (Å²) in [5.74, 6) is 0.438. The van der Waals surface area contributed by atoms with Gasteiger partial charge in [-0.3, -0.25) is 4.79 Å². The van der Waals surface area contributed by atoms with Gasteiger partial charge in [0.2, 0.25) is 0 Å². The van der Waals surface area contributed by atoms with Gasteiger partial charge in [-0.15, -0.1) is 0 Å². The summed E-state index contributed by atoms with van der Waals surface area (Å²) in [6.45, 7) is 12.1. The summed E-state index contributed by atoms with van der Waals surface area (Å²) >= 11 is 0. The van der Waals surface area contributed by atoms with Crippen molar-refractivity contribution in [2.75, 3.05) is 0 Å². The summed E-state index contributed by atoms with van der Waals surface area (Å²) in [7, 11) is 0. The van der Waals surface area contributed by atoms with Crippen LogP contribution in [0.15, 0.2) is 34.6 Å². The Morgan fingerprint density at radius 3 is 2.60 bits per heavy atom. The summed E-state index contributed by atoms with van der Waals surface area (Å²) in [6.07, 6.45) is 2.76. The Morgan fingerprint density at radius 1 is 1.40 bits per heavy atom. The van der Waals surface area contributed by atoms with Crippen molar-refractivity contribution in [1.29, 1.82) is 0 Å². The normalized spacial score (nSPS) is 31.1. The first-order valence-electron chi connectivity index (χ1n) is 7.26. The number of esters is 1. The molecule has 0 aromatic carbocycles. The molecule has 3 nitrogen and oxygen atoms in total. The molecule has 0 aromatic rings. The maximum absolute atomic E-state index is 11.3. The van der Waals surface area contributed by atoms with Gasteiger partial charge in [-0.05, 0) is 62.3 Å². The number of hydrogen-bond acceptors (Lipinski definition) is 3. The molecule has 20 heavy (non-hydrogen) atoms. The molecular weight excluding hydrogens is 252 g/mol. The van der Waals surface area contributed by atoms with Gasteiger partial charge in [-0.25, -0.2) is 0 Å². The largest absolute Gasteiger partial charge is 0.508 e. The molecule has 0 amide bonds. The van der Waals surface area contributed by atoms with Crippen molar-refractivity contribution in [3.05, 3.63) is 34.6 Å². The van der Waals surface area contributed by atoms with Crippen LogP contribution in [-0.2, 0) is 9.53 Å². The predicted molar refractivity (Wildman–Crippen MR) is 79.3 cm³/mol. The lowest BCUT2D eigenvalue weighted by Gasteiger charge is -2.30. The number of allylic oxidation sites excluding steroid dienone is 4. The molecule has 1 aliphatic carbocycles. The van der Waals surface area contributed by atoms with Crippen molar-refractivity contribution in [3.63, 3.8) is 0 Å². The Bertz CT molecular complexity index is 524. The fraction of sp³-hybridized carbons (Fsp3) is 0.588. The Kier molecular flexibility index (Phi) is 3.81. The molecule has 2 rings (SSSR count). The highest BCUT2D eigenvalue weighted by molar-refractivity contribution is 5.72. The third-order valence-corrected chi connectivity index (χ3v) is 4.89. The second kappa shape index (κ2) is 5.12. The van der Waals surface area contributed by atoms with E-state index in [2.05, 4.69) is 13.5 Å². The van der Waals surface area contributed by atoms with Gasteiger partial charge in [0.05, 0.1) is 0 Å². The van der Waals surface area contributed by atoms with Crippen LogP contribution in [-0.4, -0.2) is 16.7 Å². The first-order valence-corrected chi connectivity index (χ1v) is 7.26. The molecule has 2 aliphatic rings. The molecular formula is C17H24O3. The minimum Gasteiger partial charge on any atom is -0.508 e. The van der Waals surface area contributed by atoms with Crippen LogP contribution in [0.2, 0.25) is 0 Å². The van der Waals surface area contributed by atoms with Gasteiger partial charge in [-0.1, -0.05) is 13.5 Å². The Hall–Kier alpha value is -1.51. The molecule has 0 spiro atoms. The van der Waals surface area contributed by atoms with E-state index in [-0.39, 0.29) is 17.5 Å². The van der Waals surface area contributed by atoms with E-state index in [1.165, 1.54) is 0 Å². The number of aliphatic hydroxyl groups excluding tert-OH is 1. The SMILES string of the molecule is C=C1C(C)=C(C)C(O)=C(CCC2(C)CCC(=O)O2)C1C. The highest BCUT2D eigenvalue weighted by atomic mass is 16.6. The van der Waals surface area contributed by atoms with Crippen molar-refractivity contribution in [3.8, 4) is 0 Å². The monoisotopic (exact) mass is 276 g/mol. The first kappa shape index (κ1) is 14.9. The van der Waals surface area contributed by atoms with Crippen LogP contribution in [0.5, 0.6) is 0 Å². The van der Waals surface area contributed by atoms with Gasteiger partial charge >= 0.3 is 5.97 Å². The number of cyclic esters (lactones) is 1.